The number of halogens is 5. The van der Waals surface area contributed by atoms with Crippen molar-refractivity contribution in [2.24, 2.45) is 12.8 Å². The number of fused-ring (bicyclic) bond motifs is 1. The molecule has 2 aromatic rings. The maximum Gasteiger partial charge on any atom is 0.161 e. The lowest BCUT2D eigenvalue weighted by molar-refractivity contribution is -0.0534. The van der Waals surface area contributed by atoms with E-state index in [1.54, 1.807) is 0 Å². The molecule has 2 aliphatic heterocycles. The molecule has 4 rings (SSSR count). The van der Waals surface area contributed by atoms with Crippen molar-refractivity contribution in [1.82, 2.24) is 14.7 Å². The highest BCUT2D eigenvalue weighted by atomic mass is 35.5. The first-order chi connectivity index (χ1) is 11.9. The number of rotatable bonds is 2. The quantitative estimate of drug-likeness (QED) is 0.753. The van der Waals surface area contributed by atoms with Crippen LogP contribution in [0.1, 0.15) is 29.3 Å². The van der Waals surface area contributed by atoms with Crippen LogP contribution in [-0.4, -0.2) is 33.4 Å². The van der Waals surface area contributed by atoms with Gasteiger partial charge in [0.05, 0.1) is 18.5 Å². The van der Waals surface area contributed by atoms with Crippen LogP contribution in [-0.2, 0) is 24.9 Å². The van der Waals surface area contributed by atoms with Gasteiger partial charge in [-0.25, -0.2) is 13.2 Å². The molecule has 2 aliphatic rings. The van der Waals surface area contributed by atoms with Crippen LogP contribution in [0.3, 0.4) is 0 Å². The molecule has 27 heavy (non-hydrogen) atoms. The predicted octanol–water partition coefficient (Wildman–Crippen LogP) is 2.85. The van der Waals surface area contributed by atoms with Crippen LogP contribution in [0.5, 0.6) is 0 Å². The Morgan fingerprint density at radius 3 is 2.48 bits per heavy atom. The topological polar surface area (TPSA) is 56.3 Å². The zero-order chi connectivity index (χ0) is 17.7. The fourth-order valence-electron chi connectivity index (χ4n) is 3.74. The normalized spacial score (nSPS) is 24.9. The van der Waals surface area contributed by atoms with E-state index in [1.165, 1.54) is 11.3 Å². The molecule has 1 fully saturated rings. The molecule has 0 amide bonds. The average molecular weight is 425 g/mol. The minimum Gasteiger partial charge on any atom is -0.370 e. The van der Waals surface area contributed by atoms with E-state index < -0.39 is 29.6 Å². The lowest BCUT2D eigenvalue weighted by Crippen LogP contribution is -2.47. The third kappa shape index (κ3) is 3.95. The summed E-state index contributed by atoms with van der Waals surface area (Å²) in [5.41, 5.74) is 8.51. The Bertz CT molecular complexity index is 820. The van der Waals surface area contributed by atoms with Gasteiger partial charge < -0.3 is 10.5 Å². The third-order valence-electron chi connectivity index (χ3n) is 5.14. The molecule has 1 aromatic heterocycles. The van der Waals surface area contributed by atoms with Crippen LogP contribution in [0.25, 0.3) is 0 Å². The van der Waals surface area contributed by atoms with E-state index in [4.69, 9.17) is 10.5 Å². The highest BCUT2D eigenvalue weighted by molar-refractivity contribution is 5.85. The molecule has 0 spiro atoms. The standard InChI is InChI=1S/C17H19F3N4O.2ClH/c1-23-16-7-24(6-9(16)5-22-23)10-2-15(21)17(25-8-10)11-3-13(19)14(20)4-12(11)18;;/h3-5,10,15,17H,2,6-8,21H2,1H3;2*1H/t10-,15-,17+;;/m0../s1. The number of benzene rings is 1. The van der Waals surface area contributed by atoms with Crippen molar-refractivity contribution in [2.75, 3.05) is 6.61 Å². The molecule has 0 saturated carbocycles. The Hall–Kier alpha value is -1.32. The molecule has 0 bridgehead atoms. The zero-order valence-corrected chi connectivity index (χ0v) is 16.2. The van der Waals surface area contributed by atoms with Gasteiger partial charge in [0.1, 0.15) is 11.9 Å². The van der Waals surface area contributed by atoms with E-state index in [1.807, 2.05) is 17.9 Å². The van der Waals surface area contributed by atoms with Crippen molar-refractivity contribution in [3.63, 3.8) is 0 Å². The van der Waals surface area contributed by atoms with Gasteiger partial charge >= 0.3 is 0 Å². The number of nitrogens with two attached hydrogens (primary N) is 1. The van der Waals surface area contributed by atoms with E-state index in [0.29, 0.717) is 19.1 Å². The molecule has 0 aliphatic carbocycles. The van der Waals surface area contributed by atoms with Gasteiger partial charge in [-0.3, -0.25) is 9.58 Å². The molecule has 1 saturated heterocycles. The van der Waals surface area contributed by atoms with Crippen molar-refractivity contribution >= 4 is 24.8 Å². The molecule has 0 unspecified atom stereocenters. The molecular formula is C17H21Cl2F3N4O. The fourth-order valence-corrected chi connectivity index (χ4v) is 3.74. The Morgan fingerprint density at radius 2 is 1.81 bits per heavy atom. The van der Waals surface area contributed by atoms with E-state index >= 15 is 0 Å². The summed E-state index contributed by atoms with van der Waals surface area (Å²) in [7, 11) is 1.91. The summed E-state index contributed by atoms with van der Waals surface area (Å²) in [4.78, 5) is 2.25. The molecule has 10 heteroatoms. The van der Waals surface area contributed by atoms with Crippen molar-refractivity contribution < 1.29 is 17.9 Å². The molecule has 3 atom stereocenters. The highest BCUT2D eigenvalue weighted by Crippen LogP contribution is 2.34. The van der Waals surface area contributed by atoms with E-state index in [9.17, 15) is 13.2 Å². The molecule has 0 radical (unpaired) electrons. The second kappa shape index (κ2) is 8.36. The van der Waals surface area contributed by atoms with Crippen LogP contribution in [0.2, 0.25) is 0 Å². The largest absolute Gasteiger partial charge is 0.370 e. The minimum absolute atomic E-state index is 0. The summed E-state index contributed by atoms with van der Waals surface area (Å²) in [6.07, 6.45) is 1.67. The third-order valence-corrected chi connectivity index (χ3v) is 5.14. The maximum absolute atomic E-state index is 14.0. The summed E-state index contributed by atoms with van der Waals surface area (Å²) < 4.78 is 48.2. The smallest absolute Gasteiger partial charge is 0.161 e. The average Bonchev–Trinajstić information content (AvgIpc) is 3.14. The Kier molecular flexibility index (Phi) is 6.81. The number of ether oxygens (including phenoxy) is 1. The van der Waals surface area contributed by atoms with Gasteiger partial charge in [-0.15, -0.1) is 24.8 Å². The van der Waals surface area contributed by atoms with Crippen LogP contribution in [0, 0.1) is 17.5 Å². The van der Waals surface area contributed by atoms with Gasteiger partial charge in [0, 0.05) is 49.4 Å². The molecule has 150 valence electrons. The van der Waals surface area contributed by atoms with Crippen LogP contribution >= 0.6 is 24.8 Å². The Labute approximate surface area is 167 Å². The van der Waals surface area contributed by atoms with E-state index in [0.717, 1.165) is 19.2 Å². The van der Waals surface area contributed by atoms with E-state index in [-0.39, 0.29) is 36.4 Å². The molecule has 3 heterocycles. The van der Waals surface area contributed by atoms with E-state index in [2.05, 4.69) is 10.00 Å². The Morgan fingerprint density at radius 1 is 1.11 bits per heavy atom. The van der Waals surface area contributed by atoms with Crippen LogP contribution < -0.4 is 5.73 Å². The van der Waals surface area contributed by atoms with Crippen molar-refractivity contribution in [2.45, 2.75) is 37.7 Å². The maximum atomic E-state index is 14.0. The number of aryl methyl sites for hydroxylation is 1. The summed E-state index contributed by atoms with van der Waals surface area (Å²) in [6.45, 7) is 1.89. The summed E-state index contributed by atoms with van der Waals surface area (Å²) >= 11 is 0. The summed E-state index contributed by atoms with van der Waals surface area (Å²) in [5, 5.41) is 4.24. The molecular weight excluding hydrogens is 404 g/mol. The number of hydrogen-bond acceptors (Lipinski definition) is 4. The fraction of sp³-hybridized carbons (Fsp3) is 0.471. The van der Waals surface area contributed by atoms with Gasteiger partial charge in [0.25, 0.3) is 0 Å². The first-order valence-electron chi connectivity index (χ1n) is 8.19. The first kappa shape index (κ1) is 22.0. The highest BCUT2D eigenvalue weighted by Gasteiger charge is 2.37. The number of hydrogen-bond donors (Lipinski definition) is 1. The predicted molar refractivity (Wildman–Crippen MR) is 98.3 cm³/mol. The van der Waals surface area contributed by atoms with Gasteiger partial charge in [-0.05, 0) is 12.5 Å². The monoisotopic (exact) mass is 424 g/mol. The lowest BCUT2D eigenvalue weighted by Gasteiger charge is -2.38. The molecule has 5 nitrogen and oxygen atoms in total. The van der Waals surface area contributed by atoms with Crippen LogP contribution in [0.4, 0.5) is 13.2 Å². The van der Waals surface area contributed by atoms with Crippen LogP contribution in [0.15, 0.2) is 18.3 Å². The van der Waals surface area contributed by atoms with Gasteiger partial charge in [0.2, 0.25) is 0 Å². The van der Waals surface area contributed by atoms with Crippen molar-refractivity contribution in [1.29, 1.82) is 0 Å². The first-order valence-corrected chi connectivity index (χ1v) is 8.19. The number of aromatic nitrogens is 2. The summed E-state index contributed by atoms with van der Waals surface area (Å²) in [6, 6.07) is 0.969. The van der Waals surface area contributed by atoms with Gasteiger partial charge in [-0.1, -0.05) is 0 Å². The SMILES string of the molecule is Cl.Cl.Cn1ncc2c1CN([C@@H]1CO[C@H](c3cc(F)c(F)cc3F)[C@@H](N)C1)C2. The second-order valence-corrected chi connectivity index (χ2v) is 6.74. The molecule has 1 aromatic carbocycles. The second-order valence-electron chi connectivity index (χ2n) is 6.74. The lowest BCUT2D eigenvalue weighted by atomic mass is 9.93. The minimum atomic E-state index is -1.22. The van der Waals surface area contributed by atoms with Gasteiger partial charge in [-0.2, -0.15) is 5.10 Å². The van der Waals surface area contributed by atoms with Gasteiger partial charge in [0.15, 0.2) is 11.6 Å². The summed E-state index contributed by atoms with van der Waals surface area (Å²) in [5.74, 6) is -3.15. The van der Waals surface area contributed by atoms with Crippen molar-refractivity contribution in [3.8, 4) is 0 Å². The number of nitrogens with zero attached hydrogens (tertiary/aromatic N) is 3. The Balaban J connectivity index is 0.00000131. The molecule has 2 N–H and O–H groups in total. The van der Waals surface area contributed by atoms with Crippen molar-refractivity contribution in [3.05, 3.63) is 52.6 Å². The zero-order valence-electron chi connectivity index (χ0n) is 14.6.